The van der Waals surface area contributed by atoms with Gasteiger partial charge in [0.25, 0.3) is 0 Å². The van der Waals surface area contributed by atoms with E-state index in [0.717, 1.165) is 6.66 Å². The summed E-state index contributed by atoms with van der Waals surface area (Å²) in [6.07, 6.45) is 0. The molecule has 0 spiro atoms. The van der Waals surface area contributed by atoms with E-state index in [4.69, 9.17) is 9.79 Å². The fourth-order valence-electron chi connectivity index (χ4n) is 0. The van der Waals surface area contributed by atoms with Gasteiger partial charge in [-0.3, -0.25) is 4.57 Å². The molecule has 5 heteroatoms. The SMILES string of the molecule is CP(=O)(O)O.[Li]. The van der Waals surface area contributed by atoms with Crippen LogP contribution in [0.2, 0.25) is 0 Å². The average molecular weight is 103 g/mol. The van der Waals surface area contributed by atoms with E-state index in [-0.39, 0.29) is 18.9 Å². The van der Waals surface area contributed by atoms with Crippen molar-refractivity contribution < 1.29 is 14.4 Å². The molecule has 0 unspecified atom stereocenters. The third-order valence-electron chi connectivity index (χ3n) is 0. The Labute approximate surface area is 48.1 Å². The van der Waals surface area contributed by atoms with Crippen molar-refractivity contribution in [2.75, 3.05) is 6.66 Å². The van der Waals surface area contributed by atoms with E-state index in [1.165, 1.54) is 0 Å². The van der Waals surface area contributed by atoms with E-state index < -0.39 is 7.60 Å². The van der Waals surface area contributed by atoms with Crippen molar-refractivity contribution in [2.24, 2.45) is 0 Å². The summed E-state index contributed by atoms with van der Waals surface area (Å²) in [4.78, 5) is 15.3. The van der Waals surface area contributed by atoms with Gasteiger partial charge in [-0.2, -0.15) is 0 Å². The van der Waals surface area contributed by atoms with Crippen LogP contribution < -0.4 is 0 Å². The van der Waals surface area contributed by atoms with Crippen LogP contribution in [-0.2, 0) is 4.57 Å². The van der Waals surface area contributed by atoms with Crippen LogP contribution in [0.1, 0.15) is 0 Å². The summed E-state index contributed by atoms with van der Waals surface area (Å²) < 4.78 is 9.33. The molecule has 1 radical (unpaired) electrons. The number of hydrogen-bond donors (Lipinski definition) is 2. The maximum atomic E-state index is 9.33. The molecule has 0 aromatic heterocycles. The minimum atomic E-state index is -3.64. The third-order valence-corrected chi connectivity index (χ3v) is 0. The van der Waals surface area contributed by atoms with E-state index in [2.05, 4.69) is 0 Å². The molecule has 0 saturated carbocycles. The molecule has 2 N–H and O–H groups in total. The smallest absolute Gasteiger partial charge is 0.322 e. The van der Waals surface area contributed by atoms with E-state index >= 15 is 0 Å². The molecule has 0 aromatic carbocycles. The Balaban J connectivity index is 0. The minimum Gasteiger partial charge on any atom is -0.325 e. The van der Waals surface area contributed by atoms with Gasteiger partial charge in [0, 0.05) is 25.5 Å². The molecule has 0 saturated heterocycles. The summed E-state index contributed by atoms with van der Waals surface area (Å²) in [6.45, 7) is 0.854. The minimum absolute atomic E-state index is 0. The summed E-state index contributed by atoms with van der Waals surface area (Å²) in [6, 6.07) is 0. The summed E-state index contributed by atoms with van der Waals surface area (Å²) in [5, 5.41) is 0. The zero-order valence-electron chi connectivity index (χ0n) is 3.75. The molecule has 0 fully saturated rings. The molecular weight excluding hydrogens is 97.9 g/mol. The normalized spacial score (nSPS) is 9.83. The zero-order valence-corrected chi connectivity index (χ0v) is 4.64. The first-order chi connectivity index (χ1) is 2.00. The largest absolute Gasteiger partial charge is 0.325 e. The Hall–Kier alpha value is 0.747. The van der Waals surface area contributed by atoms with E-state index in [9.17, 15) is 4.57 Å². The van der Waals surface area contributed by atoms with Crippen LogP contribution >= 0.6 is 7.60 Å². The molecule has 0 bridgehead atoms. The van der Waals surface area contributed by atoms with Gasteiger partial charge in [-0.25, -0.2) is 0 Å². The Morgan fingerprint density at radius 2 is 1.50 bits per heavy atom. The zero-order chi connectivity index (χ0) is 4.50. The topological polar surface area (TPSA) is 57.5 Å². The Bertz CT molecular complexity index is 56.9. The van der Waals surface area contributed by atoms with Gasteiger partial charge >= 0.3 is 7.60 Å². The van der Waals surface area contributed by atoms with Crippen LogP contribution in [0.5, 0.6) is 0 Å². The molecule has 0 atom stereocenters. The first-order valence-electron chi connectivity index (χ1n) is 1.03. The first kappa shape index (κ1) is 9.89. The predicted molar refractivity (Wildman–Crippen MR) is 23.7 cm³/mol. The second-order valence-electron chi connectivity index (χ2n) is 0.835. The maximum Gasteiger partial charge on any atom is 0.322 e. The van der Waals surface area contributed by atoms with Crippen molar-refractivity contribution >= 4 is 26.5 Å². The van der Waals surface area contributed by atoms with Crippen molar-refractivity contribution in [3.63, 3.8) is 0 Å². The molecule has 0 amide bonds. The quantitative estimate of drug-likeness (QED) is 0.318. The van der Waals surface area contributed by atoms with Crippen molar-refractivity contribution in [1.29, 1.82) is 0 Å². The average Bonchev–Trinajstić information content (AvgIpc) is 0.722. The molecule has 0 aliphatic heterocycles. The fourth-order valence-corrected chi connectivity index (χ4v) is 0. The standard InChI is InChI=1S/CH5O3P.Li/c1-5(2,3)4;/h1H3,(H2,2,3,4);. The van der Waals surface area contributed by atoms with Crippen LogP contribution in [0.25, 0.3) is 0 Å². The molecule has 6 heavy (non-hydrogen) atoms. The van der Waals surface area contributed by atoms with Gasteiger partial charge in [0.1, 0.15) is 0 Å². The van der Waals surface area contributed by atoms with E-state index in [1.54, 1.807) is 0 Å². The molecule has 0 aromatic rings. The molecule has 0 aliphatic rings. The van der Waals surface area contributed by atoms with Crippen molar-refractivity contribution in [2.45, 2.75) is 0 Å². The molecule has 3 nitrogen and oxygen atoms in total. The van der Waals surface area contributed by atoms with Gasteiger partial charge in [-0.15, -0.1) is 0 Å². The van der Waals surface area contributed by atoms with Gasteiger partial charge in [0.2, 0.25) is 0 Å². The molecule has 0 heterocycles. The van der Waals surface area contributed by atoms with Crippen LogP contribution in [-0.4, -0.2) is 35.3 Å². The van der Waals surface area contributed by atoms with Gasteiger partial charge in [0.05, 0.1) is 0 Å². The summed E-state index contributed by atoms with van der Waals surface area (Å²) in [7, 11) is -3.64. The van der Waals surface area contributed by atoms with Crippen LogP contribution in [0.15, 0.2) is 0 Å². The predicted octanol–water partition coefficient (Wildman–Crippen LogP) is -0.587. The monoisotopic (exact) mass is 103 g/mol. The third kappa shape index (κ3) is 119. The number of rotatable bonds is 0. The van der Waals surface area contributed by atoms with Crippen LogP contribution in [0.4, 0.5) is 0 Å². The van der Waals surface area contributed by atoms with E-state index in [1.807, 2.05) is 0 Å². The summed E-state index contributed by atoms with van der Waals surface area (Å²) >= 11 is 0. The van der Waals surface area contributed by atoms with Gasteiger partial charge < -0.3 is 9.79 Å². The molecule has 0 rings (SSSR count). The van der Waals surface area contributed by atoms with Gasteiger partial charge in [-0.1, -0.05) is 0 Å². The molecule has 0 aliphatic carbocycles. The van der Waals surface area contributed by atoms with Crippen molar-refractivity contribution in [3.05, 3.63) is 0 Å². The number of hydrogen-bond acceptors (Lipinski definition) is 1. The fraction of sp³-hybridized carbons (Fsp3) is 1.00. The molecule has 33 valence electrons. The van der Waals surface area contributed by atoms with Crippen LogP contribution in [0.3, 0.4) is 0 Å². The van der Waals surface area contributed by atoms with Gasteiger partial charge in [-0.05, 0) is 0 Å². The van der Waals surface area contributed by atoms with E-state index in [0.29, 0.717) is 0 Å². The van der Waals surface area contributed by atoms with Crippen molar-refractivity contribution in [3.8, 4) is 0 Å². The van der Waals surface area contributed by atoms with Gasteiger partial charge in [0.15, 0.2) is 0 Å². The van der Waals surface area contributed by atoms with Crippen LogP contribution in [0, 0.1) is 0 Å². The van der Waals surface area contributed by atoms with Crippen molar-refractivity contribution in [1.82, 2.24) is 0 Å². The maximum absolute atomic E-state index is 9.33. The Kier molecular flexibility index (Phi) is 4.69. The second-order valence-corrected chi connectivity index (χ2v) is 2.51. The summed E-state index contributed by atoms with van der Waals surface area (Å²) in [5.74, 6) is 0. The summed E-state index contributed by atoms with van der Waals surface area (Å²) in [5.41, 5.74) is 0. The first-order valence-corrected chi connectivity index (χ1v) is 3.09. The Morgan fingerprint density at radius 3 is 1.50 bits per heavy atom. The molecular formula is CH5LiO3P. The Morgan fingerprint density at radius 1 is 1.50 bits per heavy atom. The second kappa shape index (κ2) is 2.85.